The smallest absolute Gasteiger partial charge is 0.525 e. The summed E-state index contributed by atoms with van der Waals surface area (Å²) in [6.07, 6.45) is 7.66. The molecule has 4 heterocycles. The number of ether oxygens (including phenoxy) is 2. The number of oxime groups is 1. The molecule has 0 spiro atoms. The number of nitrogens with one attached hydrogen (secondary N) is 2. The van der Waals surface area contributed by atoms with Gasteiger partial charge in [-0.3, -0.25) is 14.5 Å². The molecule has 0 bridgehead atoms. The fourth-order valence-electron chi connectivity index (χ4n) is 7.47. The van der Waals surface area contributed by atoms with Crippen LogP contribution in [0.2, 0.25) is 0 Å². The Balaban J connectivity index is 0.00000641. The van der Waals surface area contributed by atoms with Crippen LogP contribution in [0.1, 0.15) is 50.1 Å². The summed E-state index contributed by atoms with van der Waals surface area (Å²) in [5.41, 5.74) is 2.02. The number of halogens is 1. The van der Waals surface area contributed by atoms with Gasteiger partial charge in [0, 0.05) is 21.6 Å². The van der Waals surface area contributed by atoms with E-state index in [4.69, 9.17) is 19.3 Å². The van der Waals surface area contributed by atoms with Gasteiger partial charge in [0.1, 0.15) is 48.4 Å². The first-order valence-electron chi connectivity index (χ1n) is 19.6. The first-order valence-corrected chi connectivity index (χ1v) is 21.5. The van der Waals surface area contributed by atoms with Gasteiger partial charge in [-0.25, -0.2) is 9.78 Å². The average Bonchev–Trinajstić information content (AvgIpc) is 3.73. The lowest BCUT2D eigenvalue weighted by Crippen LogP contribution is -3.00. The van der Waals surface area contributed by atoms with Gasteiger partial charge in [-0.15, -0.1) is 23.1 Å². The number of aromatic nitrogens is 1. The molecule has 3 aliphatic heterocycles. The van der Waals surface area contributed by atoms with Gasteiger partial charge in [0.05, 0.1) is 19.4 Å². The van der Waals surface area contributed by atoms with E-state index in [-0.39, 0.29) is 52.1 Å². The molecule has 2 N–H and O–H groups in total. The molecular formula is C46H47IN6O7S2. The first kappa shape index (κ1) is 46.0. The Labute approximate surface area is 386 Å². The first-order chi connectivity index (χ1) is 29.3. The summed E-state index contributed by atoms with van der Waals surface area (Å²) in [5.74, 6) is -1.53. The summed E-state index contributed by atoms with van der Waals surface area (Å²) in [5, 5.41) is 12.9. The van der Waals surface area contributed by atoms with Gasteiger partial charge in [0.15, 0.2) is 10.8 Å². The normalized spacial score (nSPS) is 20.0. The van der Waals surface area contributed by atoms with Crippen molar-refractivity contribution in [1.29, 1.82) is 0 Å². The summed E-state index contributed by atoms with van der Waals surface area (Å²) in [7, 11) is 3.03. The third-order valence-electron chi connectivity index (χ3n) is 10.2. The molecule has 7 rings (SSSR count). The fraction of sp³-hybridized carbons (Fsp3) is 0.261. The Morgan fingerprint density at radius 3 is 2.10 bits per heavy atom. The van der Waals surface area contributed by atoms with Crippen LogP contribution < -0.4 is 34.6 Å². The number of hydrogen-bond acceptors (Lipinski definition) is 12. The van der Waals surface area contributed by atoms with E-state index in [1.165, 1.54) is 41.4 Å². The van der Waals surface area contributed by atoms with Crippen molar-refractivity contribution in [2.75, 3.05) is 31.8 Å². The molecule has 3 atom stereocenters. The van der Waals surface area contributed by atoms with Gasteiger partial charge < -0.3 is 48.9 Å². The van der Waals surface area contributed by atoms with Crippen molar-refractivity contribution < 1.29 is 61.9 Å². The quantitative estimate of drug-likeness (QED) is 0.0305. The maximum atomic E-state index is 14.1. The van der Waals surface area contributed by atoms with Crippen molar-refractivity contribution >= 4 is 57.8 Å². The molecule has 0 saturated carbocycles. The van der Waals surface area contributed by atoms with E-state index >= 15 is 0 Å². The monoisotopic (exact) mass is 986 g/mol. The van der Waals surface area contributed by atoms with E-state index in [9.17, 15) is 19.2 Å². The second-order valence-electron chi connectivity index (χ2n) is 15.7. The van der Waals surface area contributed by atoms with Crippen LogP contribution >= 0.6 is 23.1 Å². The lowest BCUT2D eigenvalue weighted by atomic mass is 9.77. The van der Waals surface area contributed by atoms with E-state index in [1.807, 2.05) is 60.7 Å². The van der Waals surface area contributed by atoms with Crippen molar-refractivity contribution in [3.63, 3.8) is 0 Å². The van der Waals surface area contributed by atoms with Crippen molar-refractivity contribution in [3.05, 3.63) is 166 Å². The zero-order valence-electron chi connectivity index (χ0n) is 35.0. The van der Waals surface area contributed by atoms with Crippen LogP contribution in [0, 0.1) is 0 Å². The number of amides is 3. The second kappa shape index (κ2) is 19.2. The number of allylic oxidation sites excluding steroid dienone is 3. The number of carbonyl (C=O) groups excluding carboxylic acids is 4. The minimum Gasteiger partial charge on any atom is -1.00 e. The minimum absolute atomic E-state index is 0. The Bertz CT molecular complexity index is 2370. The van der Waals surface area contributed by atoms with Gasteiger partial charge in [-0.05, 0) is 56.5 Å². The largest absolute Gasteiger partial charge is 1.00 e. The standard InChI is InChI=1S/C46H46N6O7S2.HI/c1-7-26-58-44(56)52(5)25-17-18-30(27-52)39-38(42(55)59-45(2,3)4)51-35(29-60-39)37(41(51)54)48-40(53)36(50-57-6)34-28-61-43(47-34)49-46(31-19-11-8-12-20-31,32-21-13-9-14-22-32)33-23-15-10-16-24-33;/h7-26,28,35,37H,27,29H2,1-6H3,(H-,47,48,49,53);1H/b26-7+,50-36-;. The van der Waals surface area contributed by atoms with Crippen LogP contribution in [0.15, 0.2) is 148 Å². The summed E-state index contributed by atoms with van der Waals surface area (Å²) >= 11 is 2.66. The molecule has 3 aliphatic rings. The molecule has 322 valence electrons. The third kappa shape index (κ3) is 9.28. The topological polar surface area (TPSA) is 149 Å². The lowest BCUT2D eigenvalue weighted by molar-refractivity contribution is -0.779. The van der Waals surface area contributed by atoms with E-state index < -0.39 is 47.1 Å². The number of fused-ring (bicyclic) bond motifs is 1. The van der Waals surface area contributed by atoms with Gasteiger partial charge >= 0.3 is 12.1 Å². The number of thioether (sulfide) groups is 1. The van der Waals surface area contributed by atoms with Crippen LogP contribution in [-0.4, -0.2) is 88.1 Å². The average molecular weight is 987 g/mol. The van der Waals surface area contributed by atoms with E-state index in [0.29, 0.717) is 21.4 Å². The van der Waals surface area contributed by atoms with E-state index in [1.54, 1.807) is 58.5 Å². The number of quaternary nitrogens is 1. The molecule has 16 heteroatoms. The highest BCUT2D eigenvalue weighted by atomic mass is 127. The molecule has 3 unspecified atom stereocenters. The summed E-state index contributed by atoms with van der Waals surface area (Å²) < 4.78 is 10.9. The number of anilines is 1. The Morgan fingerprint density at radius 1 is 0.952 bits per heavy atom. The molecular weight excluding hydrogens is 940 g/mol. The van der Waals surface area contributed by atoms with Gasteiger partial charge in [0.2, 0.25) is 0 Å². The zero-order valence-corrected chi connectivity index (χ0v) is 38.8. The maximum absolute atomic E-state index is 14.1. The maximum Gasteiger partial charge on any atom is 0.525 e. The third-order valence-corrected chi connectivity index (χ3v) is 12.2. The fourth-order valence-corrected chi connectivity index (χ4v) is 9.54. The molecule has 1 aromatic heterocycles. The highest BCUT2D eigenvalue weighted by Crippen LogP contribution is 2.44. The molecule has 0 radical (unpaired) electrons. The lowest BCUT2D eigenvalue weighted by Gasteiger charge is -2.50. The Kier molecular flexibility index (Phi) is 14.3. The second-order valence-corrected chi connectivity index (χ2v) is 17.6. The summed E-state index contributed by atoms with van der Waals surface area (Å²) in [4.78, 5) is 67.1. The molecule has 13 nitrogen and oxygen atoms in total. The SMILES string of the molecule is C/C=C/OC(=O)[N+]1(C)C=CC=C(C2=C(C(=O)OC(C)(C)C)N3C(=O)C(NC(=O)/C(=N\OC)c4csc(NC(c5ccccc5)(c5ccccc5)c5ccccc5)n4)C3CS2)C1.[I-]. The molecule has 3 aromatic carbocycles. The molecule has 1 fully saturated rings. The molecule has 0 aliphatic carbocycles. The number of thiazole rings is 1. The van der Waals surface area contributed by atoms with Crippen molar-refractivity contribution in [1.82, 2.24) is 15.2 Å². The van der Waals surface area contributed by atoms with E-state index in [0.717, 1.165) is 16.7 Å². The van der Waals surface area contributed by atoms with Gasteiger partial charge in [-0.2, -0.15) is 9.28 Å². The van der Waals surface area contributed by atoms with Crippen LogP contribution in [0.3, 0.4) is 0 Å². The number of hydrogen-bond donors (Lipinski definition) is 2. The van der Waals surface area contributed by atoms with Crippen molar-refractivity contribution in [3.8, 4) is 0 Å². The summed E-state index contributed by atoms with van der Waals surface area (Å²) in [6, 6.07) is 28.6. The highest BCUT2D eigenvalue weighted by Gasteiger charge is 2.55. The Hall–Kier alpha value is -5.56. The van der Waals surface area contributed by atoms with Crippen LogP contribution in [0.5, 0.6) is 0 Å². The van der Waals surface area contributed by atoms with E-state index in [2.05, 4.69) is 52.2 Å². The van der Waals surface area contributed by atoms with Gasteiger partial charge in [-0.1, -0.05) is 102 Å². The van der Waals surface area contributed by atoms with Crippen LogP contribution in [0.25, 0.3) is 0 Å². The molecule has 3 amide bonds. The number of esters is 1. The molecule has 4 aromatic rings. The number of carbonyl (C=O) groups is 4. The molecule has 1 saturated heterocycles. The summed E-state index contributed by atoms with van der Waals surface area (Å²) in [6.45, 7) is 7.14. The minimum atomic E-state index is -0.990. The zero-order chi connectivity index (χ0) is 43.4. The number of likely N-dealkylation sites (N-methyl/N-ethyl adjacent to an activating group) is 1. The van der Waals surface area contributed by atoms with Gasteiger partial charge in [0.25, 0.3) is 11.8 Å². The van der Waals surface area contributed by atoms with Crippen molar-refractivity contribution in [2.24, 2.45) is 5.16 Å². The number of β-lactam (4-membered cyclic amide) rings is 1. The van der Waals surface area contributed by atoms with Crippen LogP contribution in [-0.2, 0) is 34.2 Å². The number of rotatable bonds is 12. The predicted octanol–water partition coefficient (Wildman–Crippen LogP) is 4.47. The Morgan fingerprint density at radius 2 is 1.55 bits per heavy atom. The molecule has 62 heavy (non-hydrogen) atoms. The van der Waals surface area contributed by atoms with Crippen LogP contribution in [0.4, 0.5) is 9.93 Å². The number of benzene rings is 3. The number of nitrogens with zero attached hydrogens (tertiary/aromatic N) is 4. The predicted molar refractivity (Wildman–Crippen MR) is 236 cm³/mol. The van der Waals surface area contributed by atoms with Crippen molar-refractivity contribution in [2.45, 2.75) is 50.9 Å². The highest BCUT2D eigenvalue weighted by molar-refractivity contribution is 8.03.